The molecule has 0 amide bonds. The Labute approximate surface area is 610 Å². The fourth-order valence-electron chi connectivity index (χ4n) is 23.3. The van der Waals surface area contributed by atoms with Crippen molar-refractivity contribution in [2.24, 2.45) is 112 Å². The van der Waals surface area contributed by atoms with Crippen LogP contribution in [0, 0.1) is 112 Å². The smallest absolute Gasteiger partial charge is 0.312 e. The van der Waals surface area contributed by atoms with E-state index in [0.29, 0.717) is 123 Å². The van der Waals surface area contributed by atoms with Crippen molar-refractivity contribution in [2.75, 3.05) is 33.0 Å². The Hall–Kier alpha value is -5.87. The lowest BCUT2D eigenvalue weighted by molar-refractivity contribution is -0.170. The summed E-state index contributed by atoms with van der Waals surface area (Å²) in [5, 5.41) is 0. The predicted octanol–water partition coefficient (Wildman–Crippen LogP) is 11.0. The summed E-state index contributed by atoms with van der Waals surface area (Å²) in [4.78, 5) is 120. The number of carbonyl (C=O) groups excluding carboxylic acids is 11. The molecule has 15 saturated heterocycles. The molecular formula is C81H112O23. The fourth-order valence-corrected chi connectivity index (χ4v) is 23.3. The molecule has 18 bridgehead atoms. The molecule has 0 radical (unpaired) electrons. The summed E-state index contributed by atoms with van der Waals surface area (Å²) in [5.41, 5.74) is -0.0295. The van der Waals surface area contributed by atoms with Gasteiger partial charge in [0, 0.05) is 42.9 Å². The molecule has 13 aliphatic carbocycles. The van der Waals surface area contributed by atoms with Crippen LogP contribution in [-0.4, -0.2) is 148 Å². The summed E-state index contributed by atoms with van der Waals surface area (Å²) in [6.45, 7) is 3.37. The zero-order chi connectivity index (χ0) is 71.8. The third kappa shape index (κ3) is 16.3. The summed E-state index contributed by atoms with van der Waals surface area (Å²) in [7, 11) is 0. The van der Waals surface area contributed by atoms with Crippen molar-refractivity contribution in [1.29, 1.82) is 0 Å². The van der Waals surface area contributed by atoms with Crippen LogP contribution < -0.4 is 0 Å². The monoisotopic (exact) mass is 1450 g/mol. The molecule has 28 fully saturated rings. The van der Waals surface area contributed by atoms with Gasteiger partial charge in [0.1, 0.15) is 42.7 Å². The molecule has 13 saturated carbocycles. The SMILES string of the molecule is O=C1CCCCO1.O=C1CCCO1.O=C1OC2CC3CC1C2C3.O=C1OC2CC3CC1C2O3.O=C1OC2CC3CC2CC13.O=C1OC2CC3CCC2C1C3.O=C1OC2CCC1CC2.O=C1OC2CCCC1C2.O=C1OCC2C3CCC(C3)C12.O=C1OCC2CCCCC12.O=C1OCCC12CCCCC2. The normalized spacial score (nSPS) is 43.8. The minimum Gasteiger partial charge on any atom is -0.466 e. The minimum absolute atomic E-state index is 0.0295. The first kappa shape index (κ1) is 73.6. The van der Waals surface area contributed by atoms with Gasteiger partial charge in [0.25, 0.3) is 0 Å². The van der Waals surface area contributed by atoms with Crippen LogP contribution in [0.1, 0.15) is 244 Å². The zero-order valence-electron chi connectivity index (χ0n) is 60.8. The Bertz CT molecular complexity index is 3060. The van der Waals surface area contributed by atoms with Crippen LogP contribution in [0.2, 0.25) is 0 Å². The molecule has 574 valence electrons. The average Bonchev–Trinajstić information content (AvgIpc) is 1.61. The van der Waals surface area contributed by atoms with E-state index in [-0.39, 0.29) is 119 Å². The van der Waals surface area contributed by atoms with Gasteiger partial charge in [-0.15, -0.1) is 0 Å². The Balaban J connectivity index is 0.0000000924. The van der Waals surface area contributed by atoms with E-state index < -0.39 is 0 Å². The maximum absolute atomic E-state index is 11.3. The van der Waals surface area contributed by atoms with Gasteiger partial charge in [0.05, 0.1) is 91.9 Å². The number of ether oxygens (including phenoxy) is 12. The molecule has 28 rings (SSSR count). The van der Waals surface area contributed by atoms with Gasteiger partial charge in [-0.1, -0.05) is 32.1 Å². The van der Waals surface area contributed by atoms with E-state index in [2.05, 4.69) is 9.47 Å². The molecular weight excluding hydrogens is 1340 g/mol. The summed E-state index contributed by atoms with van der Waals surface area (Å²) >= 11 is 0. The van der Waals surface area contributed by atoms with Crippen molar-refractivity contribution in [3.63, 3.8) is 0 Å². The van der Waals surface area contributed by atoms with E-state index in [9.17, 15) is 52.7 Å². The Morgan fingerprint density at radius 2 is 0.952 bits per heavy atom. The standard InChI is InChI=1S/2C9H12O2.C9H14O2.2C8H10O2.C8H12O2.C7H8O3.2C7H10O2.C5H8O2.C4H6O2/c10-9-8-6-2-1-5(3-6)7(8)4-11-9;10-9-7-3-5-1-2-6(7)8(4-5)11-9;10-8-9(6-7-11-8)4-2-1-3-5-9;9-8-6-2-5-1-4(6)3-7(5)10-8;9-8-6-2-4-1-5(6)7(3-4)10-8;9-8-7-4-2-1-3-6(7)5-10-8;8-7-4-1-3-2-5(10-7)6(4)9-3;8-7-5-1-3-6(9-7)4-2-5;8-7-5-2-1-3-6(4-5)9-7;6-5-3-1-2-4-7-5;5-4-2-1-3-6-4/h2*5-8H,1-4H2;1-7H2;2*4-7H,1-3H2;6-7H,1-5H2;3-6H,1-2H2;2*5-6H,1-4H2;1-4H2;1-3H2. The summed E-state index contributed by atoms with van der Waals surface area (Å²) < 4.78 is 60.5. The van der Waals surface area contributed by atoms with Crippen LogP contribution in [0.25, 0.3) is 0 Å². The maximum atomic E-state index is 11.3. The lowest BCUT2D eigenvalue weighted by Gasteiger charge is -2.38. The van der Waals surface area contributed by atoms with Crippen molar-refractivity contribution >= 4 is 65.7 Å². The number of esters is 11. The van der Waals surface area contributed by atoms with E-state index >= 15 is 0 Å². The van der Waals surface area contributed by atoms with Crippen molar-refractivity contribution in [3.05, 3.63) is 0 Å². The van der Waals surface area contributed by atoms with Gasteiger partial charge in [-0.2, -0.15) is 0 Å². The van der Waals surface area contributed by atoms with E-state index in [1.54, 1.807) is 0 Å². The molecule has 0 N–H and O–H groups in total. The van der Waals surface area contributed by atoms with Gasteiger partial charge >= 0.3 is 65.7 Å². The highest BCUT2D eigenvalue weighted by molar-refractivity contribution is 5.80. The van der Waals surface area contributed by atoms with Gasteiger partial charge in [-0.25, -0.2) is 0 Å². The Morgan fingerprint density at radius 3 is 1.49 bits per heavy atom. The number of rotatable bonds is 0. The molecule has 24 unspecified atom stereocenters. The maximum Gasteiger partial charge on any atom is 0.312 e. The van der Waals surface area contributed by atoms with Crippen LogP contribution in [0.5, 0.6) is 0 Å². The first-order valence-corrected chi connectivity index (χ1v) is 41.2. The number of fused-ring (bicyclic) bond motifs is 15. The van der Waals surface area contributed by atoms with Crippen LogP contribution in [0.4, 0.5) is 0 Å². The molecule has 1 spiro atoms. The minimum atomic E-state index is -0.0463. The average molecular weight is 1450 g/mol. The first-order valence-electron chi connectivity index (χ1n) is 41.2. The van der Waals surface area contributed by atoms with Crippen LogP contribution in [-0.2, 0) is 110 Å². The van der Waals surface area contributed by atoms with E-state index in [4.69, 9.17) is 47.4 Å². The van der Waals surface area contributed by atoms with E-state index in [1.807, 2.05) is 0 Å². The van der Waals surface area contributed by atoms with Gasteiger partial charge in [0.15, 0.2) is 0 Å². The molecule has 15 heterocycles. The number of cyclic esters (lactones) is 5. The third-order valence-electron chi connectivity index (χ3n) is 28.9. The van der Waals surface area contributed by atoms with E-state index in [0.717, 1.165) is 165 Å². The Morgan fingerprint density at radius 1 is 0.288 bits per heavy atom. The lowest BCUT2D eigenvalue weighted by atomic mass is 9.65. The largest absolute Gasteiger partial charge is 0.466 e. The molecule has 23 heteroatoms. The molecule has 0 aromatic carbocycles. The van der Waals surface area contributed by atoms with Crippen molar-refractivity contribution in [1.82, 2.24) is 0 Å². The second kappa shape index (κ2) is 32.5. The van der Waals surface area contributed by atoms with Crippen molar-refractivity contribution < 1.29 is 110 Å². The highest BCUT2D eigenvalue weighted by Crippen LogP contribution is 2.57. The quantitative estimate of drug-likeness (QED) is 0.161. The lowest BCUT2D eigenvalue weighted by Crippen LogP contribution is -2.39. The van der Waals surface area contributed by atoms with Crippen molar-refractivity contribution in [3.8, 4) is 0 Å². The van der Waals surface area contributed by atoms with Gasteiger partial charge in [0.2, 0.25) is 0 Å². The topological polar surface area (TPSA) is 299 Å². The summed E-state index contributed by atoms with van der Waals surface area (Å²) in [6, 6.07) is 0. The molecule has 15 aliphatic heterocycles. The zero-order valence-corrected chi connectivity index (χ0v) is 60.8. The van der Waals surface area contributed by atoms with E-state index in [1.165, 1.54) is 96.3 Å². The summed E-state index contributed by atoms with van der Waals surface area (Å²) in [5.74, 6) is 9.64. The fraction of sp³-hybridized carbons (Fsp3) is 0.864. The highest BCUT2D eigenvalue weighted by atomic mass is 16.6. The predicted molar refractivity (Wildman–Crippen MR) is 363 cm³/mol. The van der Waals surface area contributed by atoms with Crippen LogP contribution in [0.3, 0.4) is 0 Å². The second-order valence-electron chi connectivity index (χ2n) is 35.1. The molecule has 0 aromatic heterocycles. The summed E-state index contributed by atoms with van der Waals surface area (Å²) in [6.07, 6.45) is 44.4. The van der Waals surface area contributed by atoms with Crippen LogP contribution in [0.15, 0.2) is 0 Å². The molecule has 23 nitrogen and oxygen atoms in total. The van der Waals surface area contributed by atoms with Gasteiger partial charge in [-0.05, 0) is 228 Å². The number of hydrogen-bond acceptors (Lipinski definition) is 23. The van der Waals surface area contributed by atoms with Gasteiger partial charge < -0.3 is 56.8 Å². The second-order valence-corrected chi connectivity index (χ2v) is 35.1. The van der Waals surface area contributed by atoms with Crippen LogP contribution >= 0.6 is 0 Å². The number of carbonyl (C=O) groups is 11. The highest BCUT2D eigenvalue weighted by Gasteiger charge is 2.60. The molecule has 24 atom stereocenters. The number of hydrogen-bond donors (Lipinski definition) is 0. The van der Waals surface area contributed by atoms with Gasteiger partial charge in [-0.3, -0.25) is 52.7 Å². The Kier molecular flexibility index (Phi) is 23.0. The molecule has 104 heavy (non-hydrogen) atoms. The van der Waals surface area contributed by atoms with Crippen molar-refractivity contribution in [2.45, 2.75) is 293 Å². The molecule has 28 aliphatic rings. The molecule has 0 aromatic rings. The first-order chi connectivity index (χ1) is 50.5. The third-order valence-corrected chi connectivity index (χ3v) is 28.9.